The molecule has 0 spiro atoms. The van der Waals surface area contributed by atoms with Gasteiger partial charge in [-0.25, -0.2) is 0 Å². The summed E-state index contributed by atoms with van der Waals surface area (Å²) >= 11 is 0. The maximum atomic E-state index is 5.35. The average Bonchev–Trinajstić information content (AvgIpc) is 2.29. The highest BCUT2D eigenvalue weighted by Gasteiger charge is 1.92. The Morgan fingerprint density at radius 2 is 1.53 bits per heavy atom. The van der Waals surface area contributed by atoms with Gasteiger partial charge in [-0.3, -0.25) is 4.98 Å². The predicted molar refractivity (Wildman–Crippen MR) is 91.7 cm³/mol. The summed E-state index contributed by atoms with van der Waals surface area (Å²) in [7, 11) is 0. The zero-order valence-corrected chi connectivity index (χ0v) is 14.0. The third kappa shape index (κ3) is 16.1. The second kappa shape index (κ2) is 20.5. The zero-order valence-electron chi connectivity index (χ0n) is 10.7. The Kier molecular flexibility index (Phi) is 29.7. The van der Waals surface area contributed by atoms with Crippen LogP contribution in [0.1, 0.15) is 5.69 Å². The third-order valence-electron chi connectivity index (χ3n) is 2.08. The van der Waals surface area contributed by atoms with E-state index in [1.54, 1.807) is 0 Å². The SMILES string of the molecule is Cl.Cl.Cl.Cl.NCCNCCNCCc1ccccn1. The van der Waals surface area contributed by atoms with Gasteiger partial charge in [0, 0.05) is 51.0 Å². The lowest BCUT2D eigenvalue weighted by Crippen LogP contribution is -2.31. The van der Waals surface area contributed by atoms with Gasteiger partial charge in [-0.15, -0.1) is 49.6 Å². The molecule has 0 aliphatic rings. The van der Waals surface area contributed by atoms with Crippen molar-refractivity contribution in [1.29, 1.82) is 0 Å². The van der Waals surface area contributed by atoms with Crippen molar-refractivity contribution in [2.45, 2.75) is 6.42 Å². The number of hydrogen-bond donors (Lipinski definition) is 3. The Bertz CT molecular complexity index is 252. The van der Waals surface area contributed by atoms with Gasteiger partial charge in [-0.05, 0) is 12.1 Å². The number of rotatable bonds is 8. The Hall–Kier alpha value is 0.190. The molecule has 8 heteroatoms. The van der Waals surface area contributed by atoms with Crippen LogP contribution in [-0.4, -0.2) is 37.7 Å². The summed E-state index contributed by atoms with van der Waals surface area (Å²) in [6.45, 7) is 4.52. The molecule has 0 bridgehead atoms. The number of hydrogen-bond acceptors (Lipinski definition) is 4. The van der Waals surface area contributed by atoms with Crippen molar-refractivity contribution in [3.05, 3.63) is 30.1 Å². The van der Waals surface area contributed by atoms with E-state index in [-0.39, 0.29) is 49.6 Å². The van der Waals surface area contributed by atoms with Gasteiger partial charge in [-0.1, -0.05) is 6.07 Å². The van der Waals surface area contributed by atoms with Crippen LogP contribution < -0.4 is 16.4 Å². The summed E-state index contributed by atoms with van der Waals surface area (Å²) < 4.78 is 0. The van der Waals surface area contributed by atoms with Crippen LogP contribution in [0.4, 0.5) is 0 Å². The lowest BCUT2D eigenvalue weighted by molar-refractivity contribution is 0.612. The summed E-state index contributed by atoms with van der Waals surface area (Å²) in [6.07, 6.45) is 2.82. The molecular formula is C11H24Cl4N4. The number of nitrogens with two attached hydrogens (primary N) is 1. The maximum Gasteiger partial charge on any atom is 0.0416 e. The van der Waals surface area contributed by atoms with Gasteiger partial charge in [0.2, 0.25) is 0 Å². The first-order chi connectivity index (χ1) is 7.43. The largest absolute Gasteiger partial charge is 0.329 e. The molecule has 0 saturated carbocycles. The third-order valence-corrected chi connectivity index (χ3v) is 2.08. The maximum absolute atomic E-state index is 5.35. The number of nitrogens with one attached hydrogen (secondary N) is 2. The fourth-order valence-corrected chi connectivity index (χ4v) is 1.29. The normalized spacial score (nSPS) is 8.26. The Morgan fingerprint density at radius 1 is 0.895 bits per heavy atom. The highest BCUT2D eigenvalue weighted by atomic mass is 35.5. The molecule has 1 rings (SSSR count). The first kappa shape index (κ1) is 27.5. The first-order valence-corrected chi connectivity index (χ1v) is 5.45. The summed E-state index contributed by atoms with van der Waals surface area (Å²) in [5, 5.41) is 6.58. The molecule has 1 aromatic heterocycles. The fourth-order valence-electron chi connectivity index (χ4n) is 1.29. The van der Waals surface area contributed by atoms with Gasteiger partial charge < -0.3 is 16.4 Å². The fraction of sp³-hybridized carbons (Fsp3) is 0.545. The van der Waals surface area contributed by atoms with Crippen molar-refractivity contribution in [3.63, 3.8) is 0 Å². The van der Waals surface area contributed by atoms with E-state index in [1.807, 2.05) is 24.4 Å². The molecule has 0 fully saturated rings. The van der Waals surface area contributed by atoms with Crippen molar-refractivity contribution < 1.29 is 0 Å². The van der Waals surface area contributed by atoms with Gasteiger partial charge in [0.15, 0.2) is 0 Å². The smallest absolute Gasteiger partial charge is 0.0416 e. The van der Waals surface area contributed by atoms with Crippen molar-refractivity contribution in [2.24, 2.45) is 5.73 Å². The van der Waals surface area contributed by atoms with Crippen LogP contribution in [0, 0.1) is 0 Å². The van der Waals surface area contributed by atoms with Gasteiger partial charge >= 0.3 is 0 Å². The minimum absolute atomic E-state index is 0. The second-order valence-corrected chi connectivity index (χ2v) is 3.36. The molecule has 0 amide bonds. The lowest BCUT2D eigenvalue weighted by Gasteiger charge is -2.05. The van der Waals surface area contributed by atoms with E-state index in [0.29, 0.717) is 6.54 Å². The van der Waals surface area contributed by atoms with Gasteiger partial charge in [0.05, 0.1) is 0 Å². The zero-order chi connectivity index (χ0) is 10.8. The van der Waals surface area contributed by atoms with Crippen LogP contribution in [0.15, 0.2) is 24.4 Å². The first-order valence-electron chi connectivity index (χ1n) is 5.45. The average molecular weight is 354 g/mol. The van der Waals surface area contributed by atoms with Crippen molar-refractivity contribution in [1.82, 2.24) is 15.6 Å². The molecule has 0 aromatic carbocycles. The minimum atomic E-state index is 0. The van der Waals surface area contributed by atoms with E-state index in [2.05, 4.69) is 15.6 Å². The van der Waals surface area contributed by atoms with Gasteiger partial charge in [0.1, 0.15) is 0 Å². The quantitative estimate of drug-likeness (QED) is 0.619. The number of aromatic nitrogens is 1. The van der Waals surface area contributed by atoms with Crippen molar-refractivity contribution in [3.8, 4) is 0 Å². The van der Waals surface area contributed by atoms with Crippen LogP contribution in [-0.2, 0) is 6.42 Å². The summed E-state index contributed by atoms with van der Waals surface area (Å²) in [5.41, 5.74) is 6.49. The predicted octanol–water partition coefficient (Wildman–Crippen LogP) is 1.45. The molecular weight excluding hydrogens is 330 g/mol. The molecule has 19 heavy (non-hydrogen) atoms. The number of halogens is 4. The second-order valence-electron chi connectivity index (χ2n) is 3.36. The Morgan fingerprint density at radius 3 is 2.05 bits per heavy atom. The summed E-state index contributed by atoms with van der Waals surface area (Å²) in [5.74, 6) is 0. The highest BCUT2D eigenvalue weighted by molar-refractivity contribution is 5.86. The monoisotopic (exact) mass is 352 g/mol. The van der Waals surface area contributed by atoms with E-state index in [4.69, 9.17) is 5.73 Å². The molecule has 0 atom stereocenters. The van der Waals surface area contributed by atoms with E-state index >= 15 is 0 Å². The lowest BCUT2D eigenvalue weighted by atomic mass is 10.3. The van der Waals surface area contributed by atoms with E-state index in [9.17, 15) is 0 Å². The molecule has 4 nitrogen and oxygen atoms in total. The molecule has 0 radical (unpaired) electrons. The van der Waals surface area contributed by atoms with E-state index < -0.39 is 0 Å². The van der Waals surface area contributed by atoms with Crippen molar-refractivity contribution >= 4 is 49.6 Å². The van der Waals surface area contributed by atoms with Gasteiger partial charge in [-0.2, -0.15) is 0 Å². The van der Waals surface area contributed by atoms with Gasteiger partial charge in [0.25, 0.3) is 0 Å². The molecule has 1 aromatic rings. The molecule has 0 aliphatic carbocycles. The molecule has 0 aliphatic heterocycles. The molecule has 116 valence electrons. The minimum Gasteiger partial charge on any atom is -0.329 e. The van der Waals surface area contributed by atoms with Crippen LogP contribution >= 0.6 is 49.6 Å². The van der Waals surface area contributed by atoms with Crippen LogP contribution in [0.2, 0.25) is 0 Å². The van der Waals surface area contributed by atoms with Crippen LogP contribution in [0.3, 0.4) is 0 Å². The van der Waals surface area contributed by atoms with E-state index in [1.165, 1.54) is 0 Å². The topological polar surface area (TPSA) is 63.0 Å². The van der Waals surface area contributed by atoms with E-state index in [0.717, 1.165) is 38.3 Å². The standard InChI is InChI=1S/C11H20N4.4ClH/c12-5-8-14-10-9-13-7-4-11-3-1-2-6-15-11;;;;/h1-3,6,13-14H,4-5,7-10,12H2;4*1H. The summed E-state index contributed by atoms with van der Waals surface area (Å²) in [6, 6.07) is 6.01. The summed E-state index contributed by atoms with van der Waals surface area (Å²) in [4.78, 5) is 4.25. The molecule has 1 heterocycles. The molecule has 4 N–H and O–H groups in total. The van der Waals surface area contributed by atoms with Crippen molar-refractivity contribution in [2.75, 3.05) is 32.7 Å². The Balaban J connectivity index is -0.000000281. The molecule has 0 saturated heterocycles. The number of nitrogens with zero attached hydrogens (tertiary/aromatic N) is 1. The van der Waals surface area contributed by atoms with Crippen LogP contribution in [0.5, 0.6) is 0 Å². The highest BCUT2D eigenvalue weighted by Crippen LogP contribution is 1.92. The molecule has 0 unspecified atom stereocenters. The van der Waals surface area contributed by atoms with Crippen LogP contribution in [0.25, 0.3) is 0 Å². The Labute approximate surface area is 140 Å². The number of pyridine rings is 1.